The minimum Gasteiger partial charge on any atom is -0.377 e. The number of amides is 3. The van der Waals surface area contributed by atoms with E-state index < -0.39 is 0 Å². The Labute approximate surface area is 137 Å². The molecule has 23 heavy (non-hydrogen) atoms. The summed E-state index contributed by atoms with van der Waals surface area (Å²) in [4.78, 5) is 28.4. The minimum absolute atomic E-state index is 0.0351. The minimum atomic E-state index is -0.263. The maximum absolute atomic E-state index is 12.9. The number of nitrogens with one attached hydrogen (secondary N) is 2. The van der Waals surface area contributed by atoms with Crippen LogP contribution in [0.1, 0.15) is 36.5 Å². The van der Waals surface area contributed by atoms with Crippen molar-refractivity contribution < 1.29 is 9.59 Å². The van der Waals surface area contributed by atoms with Gasteiger partial charge in [0.15, 0.2) is 0 Å². The van der Waals surface area contributed by atoms with Gasteiger partial charge in [-0.25, -0.2) is 4.79 Å². The highest BCUT2D eigenvalue weighted by molar-refractivity contribution is 6.02. The second-order valence-corrected chi connectivity index (χ2v) is 5.96. The van der Waals surface area contributed by atoms with E-state index in [-0.39, 0.29) is 11.9 Å². The first kappa shape index (κ1) is 17.1. The van der Waals surface area contributed by atoms with Crippen molar-refractivity contribution in [2.75, 3.05) is 43.9 Å². The third kappa shape index (κ3) is 4.37. The molecule has 1 aliphatic rings. The molecule has 1 heterocycles. The van der Waals surface area contributed by atoms with Crippen LogP contribution in [0, 0.1) is 0 Å². The molecule has 126 valence electrons. The average molecular weight is 318 g/mol. The van der Waals surface area contributed by atoms with Gasteiger partial charge in [0.2, 0.25) is 0 Å². The molecule has 1 fully saturated rings. The van der Waals surface area contributed by atoms with E-state index in [9.17, 15) is 9.59 Å². The number of urea groups is 1. The first-order valence-corrected chi connectivity index (χ1v) is 8.18. The van der Waals surface area contributed by atoms with Crippen LogP contribution in [-0.4, -0.2) is 50.6 Å². The second kappa shape index (κ2) is 7.85. The fourth-order valence-electron chi connectivity index (χ4n) is 2.78. The molecule has 0 bridgehead atoms. The van der Waals surface area contributed by atoms with Crippen molar-refractivity contribution in [1.82, 2.24) is 10.2 Å². The lowest BCUT2D eigenvalue weighted by Gasteiger charge is -2.28. The van der Waals surface area contributed by atoms with Gasteiger partial charge in [-0.05, 0) is 44.4 Å². The van der Waals surface area contributed by atoms with Crippen LogP contribution in [0.4, 0.5) is 16.2 Å². The van der Waals surface area contributed by atoms with Crippen molar-refractivity contribution in [3.63, 3.8) is 0 Å². The maximum atomic E-state index is 12.9. The molecule has 2 rings (SSSR count). The number of rotatable bonds is 4. The molecule has 3 amide bonds. The van der Waals surface area contributed by atoms with Crippen LogP contribution >= 0.6 is 0 Å². The highest BCUT2D eigenvalue weighted by Gasteiger charge is 2.22. The molecule has 0 radical (unpaired) electrons. The molecule has 0 unspecified atom stereocenters. The molecular weight excluding hydrogens is 292 g/mol. The highest BCUT2D eigenvalue weighted by Crippen LogP contribution is 2.25. The lowest BCUT2D eigenvalue weighted by Crippen LogP contribution is -2.36. The molecule has 1 aliphatic heterocycles. The Hall–Kier alpha value is -2.24. The van der Waals surface area contributed by atoms with Crippen LogP contribution < -0.4 is 15.5 Å². The summed E-state index contributed by atoms with van der Waals surface area (Å²) in [6.45, 7) is 4.03. The number of anilines is 2. The Kier molecular flexibility index (Phi) is 5.84. The average Bonchev–Trinajstić information content (AvgIpc) is 2.55. The van der Waals surface area contributed by atoms with Gasteiger partial charge in [0.1, 0.15) is 0 Å². The van der Waals surface area contributed by atoms with Gasteiger partial charge in [-0.15, -0.1) is 0 Å². The number of hydrogen-bond acceptors (Lipinski definition) is 3. The van der Waals surface area contributed by atoms with Gasteiger partial charge in [0, 0.05) is 45.1 Å². The maximum Gasteiger partial charge on any atom is 0.319 e. The summed E-state index contributed by atoms with van der Waals surface area (Å²) in [5.74, 6) is 0.0351. The van der Waals surface area contributed by atoms with Crippen molar-refractivity contribution in [1.29, 1.82) is 0 Å². The Bertz CT molecular complexity index is 566. The van der Waals surface area contributed by atoms with E-state index in [0.717, 1.165) is 31.6 Å². The van der Waals surface area contributed by atoms with E-state index in [1.165, 1.54) is 6.42 Å². The van der Waals surface area contributed by atoms with Crippen LogP contribution in [0.15, 0.2) is 18.2 Å². The third-order valence-corrected chi connectivity index (χ3v) is 3.95. The number of piperidine rings is 1. The van der Waals surface area contributed by atoms with E-state index in [2.05, 4.69) is 10.6 Å². The van der Waals surface area contributed by atoms with Crippen LogP contribution in [0.2, 0.25) is 0 Å². The van der Waals surface area contributed by atoms with E-state index in [0.29, 0.717) is 17.8 Å². The summed E-state index contributed by atoms with van der Waals surface area (Å²) >= 11 is 0. The normalized spacial score (nSPS) is 14.3. The fraction of sp³-hybridized carbons (Fsp3) is 0.529. The largest absolute Gasteiger partial charge is 0.377 e. The highest BCUT2D eigenvalue weighted by atomic mass is 16.2. The zero-order chi connectivity index (χ0) is 16.8. The lowest BCUT2D eigenvalue weighted by molar-refractivity contribution is 0.0725. The predicted octanol–water partition coefficient (Wildman–Crippen LogP) is 2.52. The van der Waals surface area contributed by atoms with E-state index in [1.807, 2.05) is 43.0 Å². The molecule has 1 aromatic rings. The quantitative estimate of drug-likeness (QED) is 0.896. The lowest BCUT2D eigenvalue weighted by atomic mass is 10.1. The second-order valence-electron chi connectivity index (χ2n) is 5.96. The Morgan fingerprint density at radius 1 is 1.17 bits per heavy atom. The van der Waals surface area contributed by atoms with E-state index in [1.54, 1.807) is 6.07 Å². The predicted molar refractivity (Wildman–Crippen MR) is 93.2 cm³/mol. The van der Waals surface area contributed by atoms with Crippen molar-refractivity contribution >= 4 is 23.3 Å². The molecule has 6 nitrogen and oxygen atoms in total. The van der Waals surface area contributed by atoms with Crippen LogP contribution in [0.3, 0.4) is 0 Å². The van der Waals surface area contributed by atoms with E-state index >= 15 is 0 Å². The number of hydrogen-bond donors (Lipinski definition) is 2. The Morgan fingerprint density at radius 2 is 1.87 bits per heavy atom. The Balaban J connectivity index is 2.26. The van der Waals surface area contributed by atoms with Crippen LogP contribution in [-0.2, 0) is 0 Å². The molecule has 6 heteroatoms. The summed E-state index contributed by atoms with van der Waals surface area (Å²) in [6.07, 6.45) is 3.29. The molecule has 1 saturated heterocycles. The molecule has 2 N–H and O–H groups in total. The van der Waals surface area contributed by atoms with Gasteiger partial charge in [0.05, 0.1) is 5.56 Å². The fourth-order valence-corrected chi connectivity index (χ4v) is 2.78. The first-order valence-electron chi connectivity index (χ1n) is 8.18. The number of nitrogens with zero attached hydrogens (tertiary/aromatic N) is 2. The topological polar surface area (TPSA) is 64.7 Å². The first-order chi connectivity index (χ1) is 11.0. The summed E-state index contributed by atoms with van der Waals surface area (Å²) < 4.78 is 0. The monoisotopic (exact) mass is 318 g/mol. The van der Waals surface area contributed by atoms with Crippen LogP contribution in [0.5, 0.6) is 0 Å². The summed E-state index contributed by atoms with van der Waals surface area (Å²) in [6, 6.07) is 5.19. The molecule has 0 aromatic heterocycles. The number of likely N-dealkylation sites (tertiary alicyclic amines) is 1. The number of carbonyl (C=O) groups is 2. The molecule has 0 saturated carbocycles. The van der Waals surface area contributed by atoms with Crippen molar-refractivity contribution in [3.05, 3.63) is 23.8 Å². The van der Waals surface area contributed by atoms with Gasteiger partial charge >= 0.3 is 6.03 Å². The Morgan fingerprint density at radius 3 is 2.48 bits per heavy atom. The van der Waals surface area contributed by atoms with Gasteiger partial charge < -0.3 is 20.4 Å². The molecule has 0 spiro atoms. The van der Waals surface area contributed by atoms with Crippen molar-refractivity contribution in [2.24, 2.45) is 0 Å². The SMILES string of the molecule is CCNC(=O)Nc1ccc(N(C)C)c(C(=O)N2CCCCC2)c1. The standard InChI is InChI=1S/C17H26N4O2/c1-4-18-17(23)19-13-8-9-15(20(2)3)14(12-13)16(22)21-10-6-5-7-11-21/h8-9,12H,4-7,10-11H2,1-3H3,(H2,18,19,23). The van der Waals surface area contributed by atoms with Crippen LogP contribution in [0.25, 0.3) is 0 Å². The van der Waals surface area contributed by atoms with Crippen molar-refractivity contribution in [2.45, 2.75) is 26.2 Å². The molecule has 0 atom stereocenters. The van der Waals surface area contributed by atoms with E-state index in [4.69, 9.17) is 0 Å². The summed E-state index contributed by atoms with van der Waals surface area (Å²) in [7, 11) is 3.83. The van der Waals surface area contributed by atoms with Gasteiger partial charge in [-0.3, -0.25) is 4.79 Å². The third-order valence-electron chi connectivity index (χ3n) is 3.95. The summed E-state index contributed by atoms with van der Waals surface area (Å²) in [5.41, 5.74) is 2.12. The summed E-state index contributed by atoms with van der Waals surface area (Å²) in [5, 5.41) is 5.46. The van der Waals surface area contributed by atoms with Gasteiger partial charge in [-0.2, -0.15) is 0 Å². The number of carbonyl (C=O) groups excluding carboxylic acids is 2. The van der Waals surface area contributed by atoms with Crippen molar-refractivity contribution in [3.8, 4) is 0 Å². The molecule has 1 aromatic carbocycles. The molecule has 0 aliphatic carbocycles. The number of benzene rings is 1. The zero-order valence-electron chi connectivity index (χ0n) is 14.2. The van der Waals surface area contributed by atoms with Gasteiger partial charge in [0.25, 0.3) is 5.91 Å². The smallest absolute Gasteiger partial charge is 0.319 e. The molecular formula is C17H26N4O2. The zero-order valence-corrected chi connectivity index (χ0v) is 14.2. The van der Waals surface area contributed by atoms with Gasteiger partial charge in [-0.1, -0.05) is 0 Å².